The van der Waals surface area contributed by atoms with Crippen molar-refractivity contribution in [3.63, 3.8) is 0 Å². The normalized spacial score (nSPS) is 14.6. The zero-order valence-corrected chi connectivity index (χ0v) is 16.0. The summed E-state index contributed by atoms with van der Waals surface area (Å²) in [6, 6.07) is 12.8. The Balaban J connectivity index is 1.95. The maximum Gasteiger partial charge on any atom is 0.196 e. The van der Waals surface area contributed by atoms with Gasteiger partial charge in [0, 0.05) is 22.4 Å². The zero-order chi connectivity index (χ0) is 18.9. The van der Waals surface area contributed by atoms with Crippen LogP contribution in [0.5, 0.6) is 0 Å². The number of ketones is 2. The number of benzene rings is 2. The van der Waals surface area contributed by atoms with Gasteiger partial charge in [-0.2, -0.15) is 0 Å². The van der Waals surface area contributed by atoms with Crippen molar-refractivity contribution in [2.45, 2.75) is 26.8 Å². The minimum absolute atomic E-state index is 0.0748. The van der Waals surface area contributed by atoms with Gasteiger partial charge >= 0.3 is 0 Å². The van der Waals surface area contributed by atoms with Gasteiger partial charge in [0.1, 0.15) is 0 Å². The van der Waals surface area contributed by atoms with E-state index in [0.29, 0.717) is 22.3 Å². The molecule has 1 aliphatic carbocycles. The molecule has 4 nitrogen and oxygen atoms in total. The van der Waals surface area contributed by atoms with Crippen molar-refractivity contribution < 1.29 is 14.1 Å². The molecule has 26 heavy (non-hydrogen) atoms. The van der Waals surface area contributed by atoms with Crippen LogP contribution >= 0.6 is 0 Å². The predicted octanol–water partition coefficient (Wildman–Crippen LogP) is 3.75. The van der Waals surface area contributed by atoms with E-state index in [-0.39, 0.29) is 17.6 Å². The number of nitrogens with one attached hydrogen (secondary N) is 1. The molecule has 4 heteroatoms. The van der Waals surface area contributed by atoms with Crippen LogP contribution in [-0.2, 0) is 0 Å². The number of anilines is 1. The first-order valence-electron chi connectivity index (χ1n) is 9.31. The van der Waals surface area contributed by atoms with Gasteiger partial charge < -0.3 is 9.80 Å². The fourth-order valence-corrected chi connectivity index (χ4v) is 3.72. The summed E-state index contributed by atoms with van der Waals surface area (Å²) in [6.45, 7) is 9.58. The number of fused-ring (bicyclic) bond motifs is 2. The minimum atomic E-state index is -0.0752. The van der Waals surface area contributed by atoms with Gasteiger partial charge in [0.2, 0.25) is 0 Å². The molecule has 0 saturated heterocycles. The van der Waals surface area contributed by atoms with E-state index >= 15 is 0 Å². The van der Waals surface area contributed by atoms with Gasteiger partial charge in [0.15, 0.2) is 11.6 Å². The molecule has 2 aromatic rings. The largest absolute Gasteiger partial charge is 0.376 e. The molecule has 0 heterocycles. The van der Waals surface area contributed by atoms with Gasteiger partial charge in [-0.05, 0) is 26.8 Å². The Morgan fingerprint density at radius 3 is 2.08 bits per heavy atom. The molecule has 0 spiro atoms. The molecule has 0 radical (unpaired) electrons. The standard InChI is InChI=1S/C22H26N2O2/c1-5-24(4,6-2)14-15(3)23-19-13-9-12-18-20(19)22(26)17-11-8-7-10-16(17)21(18)25/h7-13,15H,5-6,14H2,1-4H3/p+1. The molecule has 0 saturated carbocycles. The quantitative estimate of drug-likeness (QED) is 0.688. The zero-order valence-electron chi connectivity index (χ0n) is 16.0. The molecule has 0 aliphatic heterocycles. The molecule has 1 unspecified atom stereocenters. The van der Waals surface area contributed by atoms with Crippen molar-refractivity contribution in [1.29, 1.82) is 0 Å². The first kappa shape index (κ1) is 18.3. The van der Waals surface area contributed by atoms with Gasteiger partial charge in [-0.1, -0.05) is 36.4 Å². The highest BCUT2D eigenvalue weighted by Gasteiger charge is 2.32. The first-order chi connectivity index (χ1) is 12.4. The van der Waals surface area contributed by atoms with Crippen LogP contribution in [0.15, 0.2) is 42.5 Å². The monoisotopic (exact) mass is 351 g/mol. The van der Waals surface area contributed by atoms with Crippen LogP contribution in [0.25, 0.3) is 0 Å². The van der Waals surface area contributed by atoms with Crippen molar-refractivity contribution in [1.82, 2.24) is 0 Å². The Kier molecular flexibility index (Phi) is 4.97. The Morgan fingerprint density at radius 1 is 0.885 bits per heavy atom. The molecule has 0 aromatic heterocycles. The highest BCUT2D eigenvalue weighted by molar-refractivity contribution is 6.30. The number of carbonyl (C=O) groups excluding carboxylic acids is 2. The third kappa shape index (κ3) is 3.17. The van der Waals surface area contributed by atoms with E-state index in [4.69, 9.17) is 0 Å². The smallest absolute Gasteiger partial charge is 0.196 e. The molecule has 1 atom stereocenters. The second-order valence-electron chi connectivity index (χ2n) is 7.41. The van der Waals surface area contributed by atoms with Crippen molar-refractivity contribution in [2.24, 2.45) is 0 Å². The topological polar surface area (TPSA) is 46.2 Å². The molecule has 1 N–H and O–H groups in total. The summed E-state index contributed by atoms with van der Waals surface area (Å²) in [5, 5.41) is 3.49. The van der Waals surface area contributed by atoms with Gasteiger partial charge in [-0.25, -0.2) is 0 Å². The van der Waals surface area contributed by atoms with Crippen LogP contribution in [-0.4, -0.2) is 48.8 Å². The number of hydrogen-bond acceptors (Lipinski definition) is 3. The van der Waals surface area contributed by atoms with Crippen molar-refractivity contribution in [2.75, 3.05) is 32.0 Å². The van der Waals surface area contributed by atoms with Gasteiger partial charge in [-0.15, -0.1) is 0 Å². The summed E-state index contributed by atoms with van der Waals surface area (Å²) in [5.41, 5.74) is 2.74. The maximum atomic E-state index is 13.1. The highest BCUT2D eigenvalue weighted by atomic mass is 16.1. The summed E-state index contributed by atoms with van der Waals surface area (Å²) >= 11 is 0. The van der Waals surface area contributed by atoms with E-state index < -0.39 is 0 Å². The van der Waals surface area contributed by atoms with Crippen LogP contribution in [0.4, 0.5) is 5.69 Å². The van der Waals surface area contributed by atoms with Gasteiger partial charge in [-0.3, -0.25) is 9.59 Å². The molecule has 1 aliphatic rings. The highest BCUT2D eigenvalue weighted by Crippen LogP contribution is 2.32. The number of hydrogen-bond donors (Lipinski definition) is 1. The van der Waals surface area contributed by atoms with Crippen LogP contribution in [0.1, 0.15) is 52.6 Å². The summed E-state index contributed by atoms with van der Waals surface area (Å²) in [7, 11) is 2.24. The number of carbonyl (C=O) groups is 2. The lowest BCUT2D eigenvalue weighted by atomic mass is 9.83. The SMILES string of the molecule is CC[N+](C)(CC)CC(C)Nc1cccc2c1C(=O)c1ccccc1C2=O. The average molecular weight is 351 g/mol. The molecule has 0 bridgehead atoms. The van der Waals surface area contributed by atoms with E-state index in [9.17, 15) is 9.59 Å². The number of nitrogens with zero attached hydrogens (tertiary/aromatic N) is 1. The second kappa shape index (κ2) is 7.04. The van der Waals surface area contributed by atoms with Crippen molar-refractivity contribution in [3.05, 3.63) is 64.7 Å². The van der Waals surface area contributed by atoms with E-state index in [1.807, 2.05) is 12.1 Å². The first-order valence-corrected chi connectivity index (χ1v) is 9.31. The molecule has 0 fully saturated rings. The summed E-state index contributed by atoms with van der Waals surface area (Å²) in [6.07, 6.45) is 0. The van der Waals surface area contributed by atoms with Crippen LogP contribution < -0.4 is 5.32 Å². The lowest BCUT2D eigenvalue weighted by molar-refractivity contribution is -0.906. The van der Waals surface area contributed by atoms with E-state index in [2.05, 4.69) is 33.1 Å². The average Bonchev–Trinajstić information content (AvgIpc) is 2.65. The number of likely N-dealkylation sites (N-methyl/N-ethyl adjacent to an activating group) is 1. The second-order valence-corrected chi connectivity index (χ2v) is 7.41. The van der Waals surface area contributed by atoms with E-state index in [1.165, 1.54) is 0 Å². The molecular weight excluding hydrogens is 324 g/mol. The third-order valence-electron chi connectivity index (χ3n) is 5.60. The fraction of sp³-hybridized carbons (Fsp3) is 0.364. The Morgan fingerprint density at radius 2 is 1.46 bits per heavy atom. The molecular formula is C22H27N2O2+. The molecule has 136 valence electrons. The van der Waals surface area contributed by atoms with Crippen molar-refractivity contribution in [3.8, 4) is 0 Å². The Bertz CT molecular complexity index is 853. The summed E-state index contributed by atoms with van der Waals surface area (Å²) < 4.78 is 0.957. The summed E-state index contributed by atoms with van der Waals surface area (Å²) in [4.78, 5) is 25.9. The number of rotatable bonds is 6. The van der Waals surface area contributed by atoms with Gasteiger partial charge in [0.05, 0.1) is 38.3 Å². The summed E-state index contributed by atoms with van der Waals surface area (Å²) in [5.74, 6) is -0.150. The van der Waals surface area contributed by atoms with E-state index in [1.54, 1.807) is 30.3 Å². The molecule has 0 amide bonds. The van der Waals surface area contributed by atoms with E-state index in [0.717, 1.165) is 29.8 Å². The third-order valence-corrected chi connectivity index (χ3v) is 5.60. The lowest BCUT2D eigenvalue weighted by Crippen LogP contribution is -2.49. The van der Waals surface area contributed by atoms with Crippen LogP contribution in [0.3, 0.4) is 0 Å². The Labute approximate surface area is 155 Å². The lowest BCUT2D eigenvalue weighted by Gasteiger charge is -2.35. The van der Waals surface area contributed by atoms with Gasteiger partial charge in [0.25, 0.3) is 0 Å². The molecule has 3 rings (SSSR count). The maximum absolute atomic E-state index is 13.1. The molecule has 2 aromatic carbocycles. The fourth-order valence-electron chi connectivity index (χ4n) is 3.72. The van der Waals surface area contributed by atoms with Crippen LogP contribution in [0, 0.1) is 0 Å². The Hall–Kier alpha value is -2.46. The minimum Gasteiger partial charge on any atom is -0.376 e. The number of quaternary nitrogens is 1. The predicted molar refractivity (Wildman–Crippen MR) is 105 cm³/mol. The van der Waals surface area contributed by atoms with Crippen molar-refractivity contribution >= 4 is 17.3 Å². The van der Waals surface area contributed by atoms with Crippen LogP contribution in [0.2, 0.25) is 0 Å².